The van der Waals surface area contributed by atoms with Crippen LogP contribution in [0.1, 0.15) is 99.7 Å². The second kappa shape index (κ2) is 16.0. The number of carbonyl (C=O) groups is 3. The number of Topliss-reactive ketones (excluding diaryl/α,β-unsaturated/α-hetero) is 1. The monoisotopic (exact) mass is 507 g/mol. The van der Waals surface area contributed by atoms with Crippen molar-refractivity contribution < 1.29 is 24.3 Å². The summed E-state index contributed by atoms with van der Waals surface area (Å²) in [6.45, 7) is 0. The molecule has 0 aliphatic heterocycles. The molecule has 0 radical (unpaired) electrons. The molecule has 2 aromatic rings. The number of hydrogen-bond donors (Lipinski definition) is 2. The molecule has 200 valence electrons. The zero-order valence-corrected chi connectivity index (χ0v) is 21.8. The van der Waals surface area contributed by atoms with E-state index in [0.29, 0.717) is 25.7 Å². The summed E-state index contributed by atoms with van der Waals surface area (Å²) in [5.74, 6) is -0.488. The molecule has 2 aromatic carbocycles. The molecule has 0 heterocycles. The second-order valence-electron chi connectivity index (χ2n) is 10.2. The molecule has 0 aromatic heterocycles. The van der Waals surface area contributed by atoms with E-state index >= 15 is 0 Å². The van der Waals surface area contributed by atoms with Crippen molar-refractivity contribution in [3.63, 3.8) is 0 Å². The average Bonchev–Trinajstić information content (AvgIpc) is 3.42. The summed E-state index contributed by atoms with van der Waals surface area (Å²) in [6.07, 6.45) is 11.3. The van der Waals surface area contributed by atoms with E-state index in [2.05, 4.69) is 12.1 Å². The summed E-state index contributed by atoms with van der Waals surface area (Å²) >= 11 is 0. The normalized spacial score (nSPS) is 14.3. The van der Waals surface area contributed by atoms with Gasteiger partial charge in [-0.1, -0.05) is 67.4 Å². The van der Waals surface area contributed by atoms with Gasteiger partial charge in [-0.15, -0.1) is 0 Å². The molecule has 1 fully saturated rings. The fourth-order valence-corrected chi connectivity index (χ4v) is 5.10. The van der Waals surface area contributed by atoms with Crippen LogP contribution in [0, 0.1) is 0 Å². The van der Waals surface area contributed by atoms with Crippen LogP contribution in [-0.4, -0.2) is 29.0 Å². The first kappa shape index (κ1) is 28.6. The number of unbranched alkanes of at least 4 members (excludes halogenated alkanes) is 3. The Labute approximate surface area is 220 Å². The van der Waals surface area contributed by atoms with Gasteiger partial charge in [0.05, 0.1) is 5.92 Å². The Hall–Kier alpha value is -2.99. The van der Waals surface area contributed by atoms with Gasteiger partial charge in [0.2, 0.25) is 5.91 Å². The fraction of sp³-hybridized carbons (Fsp3) is 0.516. The third-order valence-corrected chi connectivity index (χ3v) is 7.16. The van der Waals surface area contributed by atoms with Crippen molar-refractivity contribution in [1.82, 2.24) is 5.48 Å². The number of nitrogens with one attached hydrogen (secondary N) is 1. The number of carbonyl (C=O) groups excluding carboxylic acids is 3. The third kappa shape index (κ3) is 10.5. The van der Waals surface area contributed by atoms with Crippen LogP contribution in [0.5, 0.6) is 0 Å². The lowest BCUT2D eigenvalue weighted by atomic mass is 9.92. The molecule has 0 bridgehead atoms. The molecule has 3 rings (SSSR count). The van der Waals surface area contributed by atoms with Crippen molar-refractivity contribution in [2.24, 2.45) is 0 Å². The zero-order chi connectivity index (χ0) is 26.3. The molecule has 2 N–H and O–H groups in total. The Bertz CT molecular complexity index is 984. The van der Waals surface area contributed by atoms with Crippen LogP contribution in [0.3, 0.4) is 0 Å². The van der Waals surface area contributed by atoms with Crippen LogP contribution in [0.25, 0.3) is 0 Å². The van der Waals surface area contributed by atoms with E-state index in [1.165, 1.54) is 5.56 Å². The first-order valence-electron chi connectivity index (χ1n) is 13.8. The lowest BCUT2D eigenvalue weighted by Gasteiger charge is -2.19. The van der Waals surface area contributed by atoms with Crippen molar-refractivity contribution in [2.75, 3.05) is 0 Å². The Balaban J connectivity index is 1.43. The number of rotatable bonds is 16. The first-order valence-corrected chi connectivity index (χ1v) is 13.8. The summed E-state index contributed by atoms with van der Waals surface area (Å²) < 4.78 is 5.86. The van der Waals surface area contributed by atoms with Gasteiger partial charge >= 0.3 is 5.97 Å². The Kier molecular flexibility index (Phi) is 12.3. The van der Waals surface area contributed by atoms with Crippen LogP contribution in [0.2, 0.25) is 0 Å². The number of aryl methyl sites for hydroxylation is 1. The first-order chi connectivity index (χ1) is 18.0. The fourth-order valence-electron chi connectivity index (χ4n) is 5.10. The van der Waals surface area contributed by atoms with Gasteiger partial charge in [0.25, 0.3) is 0 Å². The van der Waals surface area contributed by atoms with Gasteiger partial charge in [-0.3, -0.25) is 19.6 Å². The minimum Gasteiger partial charge on any atom is -0.462 e. The maximum Gasteiger partial charge on any atom is 0.313 e. The molecule has 1 amide bonds. The number of ether oxygens (including phenoxy) is 1. The zero-order valence-electron chi connectivity index (χ0n) is 21.8. The smallest absolute Gasteiger partial charge is 0.313 e. The highest BCUT2D eigenvalue weighted by Crippen LogP contribution is 2.28. The van der Waals surface area contributed by atoms with E-state index in [-0.39, 0.29) is 29.7 Å². The molecule has 0 saturated heterocycles. The standard InChI is InChI=1S/C31H41NO5/c33-27(17-6-1-2-7-21-30(34)32-36)23-25-14-10-12-24(22-25)13-11-20-29(26-15-4-3-5-16-26)31(35)37-28-18-8-9-19-28/h3-5,10,12,14-16,22,28-29,36H,1-2,6-9,11,13,17-21,23H2,(H,32,34)/t29-/m0/s1. The van der Waals surface area contributed by atoms with Crippen LogP contribution in [-0.2, 0) is 32.0 Å². The maximum atomic E-state index is 13.0. The van der Waals surface area contributed by atoms with Crippen molar-refractivity contribution in [2.45, 2.75) is 102 Å². The number of hydroxylamine groups is 1. The van der Waals surface area contributed by atoms with Crippen molar-refractivity contribution >= 4 is 17.7 Å². The van der Waals surface area contributed by atoms with Gasteiger partial charge in [0, 0.05) is 19.3 Å². The molecule has 0 spiro atoms. The van der Waals surface area contributed by atoms with Crippen molar-refractivity contribution in [3.8, 4) is 0 Å². The lowest BCUT2D eigenvalue weighted by molar-refractivity contribution is -0.150. The van der Waals surface area contributed by atoms with Crippen molar-refractivity contribution in [1.29, 1.82) is 0 Å². The molecule has 1 atom stereocenters. The predicted octanol–water partition coefficient (Wildman–Crippen LogP) is 6.24. The van der Waals surface area contributed by atoms with Gasteiger partial charge in [0.15, 0.2) is 0 Å². The van der Waals surface area contributed by atoms with Crippen LogP contribution in [0.4, 0.5) is 0 Å². The summed E-state index contributed by atoms with van der Waals surface area (Å²) in [5.41, 5.74) is 4.86. The van der Waals surface area contributed by atoms with E-state index < -0.39 is 0 Å². The molecular formula is C31H41NO5. The lowest BCUT2D eigenvalue weighted by Crippen LogP contribution is -2.21. The van der Waals surface area contributed by atoms with Crippen molar-refractivity contribution in [3.05, 3.63) is 71.3 Å². The SMILES string of the molecule is O=C(CCCCCCC(=O)NO)Cc1cccc(CCC[C@H](C(=O)OC2CCCC2)c2ccccc2)c1. The molecule has 1 aliphatic carbocycles. The Morgan fingerprint density at radius 2 is 1.57 bits per heavy atom. The molecule has 1 aliphatic rings. The molecule has 0 unspecified atom stereocenters. The van der Waals surface area contributed by atoms with E-state index in [1.54, 1.807) is 5.48 Å². The maximum absolute atomic E-state index is 13.0. The van der Waals surface area contributed by atoms with E-state index in [1.807, 2.05) is 42.5 Å². The topological polar surface area (TPSA) is 92.7 Å². The number of esters is 1. The van der Waals surface area contributed by atoms with Crippen LogP contribution >= 0.6 is 0 Å². The molecule has 1 saturated carbocycles. The summed E-state index contributed by atoms with van der Waals surface area (Å²) in [5, 5.41) is 8.50. The van der Waals surface area contributed by atoms with Gasteiger partial charge in [-0.25, -0.2) is 5.48 Å². The highest BCUT2D eigenvalue weighted by Gasteiger charge is 2.26. The molecule has 6 nitrogen and oxygen atoms in total. The highest BCUT2D eigenvalue weighted by atomic mass is 16.5. The summed E-state index contributed by atoms with van der Waals surface area (Å²) in [4.78, 5) is 36.5. The third-order valence-electron chi connectivity index (χ3n) is 7.16. The molecule has 37 heavy (non-hydrogen) atoms. The predicted molar refractivity (Wildman–Crippen MR) is 143 cm³/mol. The van der Waals surface area contributed by atoms with E-state index in [9.17, 15) is 14.4 Å². The molecular weight excluding hydrogens is 466 g/mol. The van der Waals surface area contributed by atoms with Gasteiger partial charge in [-0.2, -0.15) is 0 Å². The van der Waals surface area contributed by atoms with Crippen LogP contribution in [0.15, 0.2) is 54.6 Å². The Morgan fingerprint density at radius 3 is 2.30 bits per heavy atom. The Morgan fingerprint density at radius 1 is 0.865 bits per heavy atom. The highest BCUT2D eigenvalue weighted by molar-refractivity contribution is 5.81. The largest absolute Gasteiger partial charge is 0.462 e. The minimum absolute atomic E-state index is 0.0701. The van der Waals surface area contributed by atoms with Gasteiger partial charge in [0.1, 0.15) is 11.9 Å². The quantitative estimate of drug-likeness (QED) is 0.121. The number of hydrogen-bond acceptors (Lipinski definition) is 5. The summed E-state index contributed by atoms with van der Waals surface area (Å²) in [7, 11) is 0. The molecule has 6 heteroatoms. The van der Waals surface area contributed by atoms with Crippen LogP contribution < -0.4 is 5.48 Å². The van der Waals surface area contributed by atoms with E-state index in [0.717, 1.165) is 75.3 Å². The van der Waals surface area contributed by atoms with Gasteiger partial charge in [-0.05, 0) is 74.5 Å². The number of amides is 1. The number of benzene rings is 2. The van der Waals surface area contributed by atoms with Gasteiger partial charge < -0.3 is 4.74 Å². The van der Waals surface area contributed by atoms with E-state index in [4.69, 9.17) is 9.94 Å². The second-order valence-corrected chi connectivity index (χ2v) is 10.2. The minimum atomic E-state index is -0.365. The average molecular weight is 508 g/mol. The summed E-state index contributed by atoms with van der Waals surface area (Å²) in [6, 6.07) is 18.1. The number of ketones is 1.